The van der Waals surface area contributed by atoms with Crippen molar-refractivity contribution in [3.63, 3.8) is 0 Å². The van der Waals surface area contributed by atoms with Crippen LogP contribution < -0.4 is 4.90 Å². The lowest BCUT2D eigenvalue weighted by atomic mass is 9.95. The smallest absolute Gasteiger partial charge is 0.135 e. The second kappa shape index (κ2) is 6.11. The number of piperidine rings is 1. The van der Waals surface area contributed by atoms with Crippen molar-refractivity contribution in [3.05, 3.63) is 34.5 Å². The number of halogens is 1. The van der Waals surface area contributed by atoms with Crippen molar-refractivity contribution in [1.29, 1.82) is 0 Å². The first-order valence-electron chi connectivity index (χ1n) is 8.52. The van der Waals surface area contributed by atoms with Gasteiger partial charge in [0.25, 0.3) is 0 Å². The van der Waals surface area contributed by atoms with Crippen molar-refractivity contribution in [2.45, 2.75) is 51.5 Å². The van der Waals surface area contributed by atoms with Gasteiger partial charge in [0.05, 0.1) is 17.3 Å². The minimum atomic E-state index is 0.442. The van der Waals surface area contributed by atoms with Gasteiger partial charge in [-0.05, 0) is 45.4 Å². The van der Waals surface area contributed by atoms with Crippen LogP contribution >= 0.6 is 11.6 Å². The third-order valence-corrected chi connectivity index (χ3v) is 5.18. The Morgan fingerprint density at radius 1 is 1.13 bits per heavy atom. The van der Waals surface area contributed by atoms with Crippen LogP contribution in [0.4, 0.5) is 5.82 Å². The molecule has 0 bridgehead atoms. The summed E-state index contributed by atoms with van der Waals surface area (Å²) in [4.78, 5) is 11.9. The molecule has 0 radical (unpaired) electrons. The zero-order chi connectivity index (χ0) is 15.8. The lowest BCUT2D eigenvalue weighted by Crippen LogP contribution is -2.36. The van der Waals surface area contributed by atoms with Crippen LogP contribution in [0, 0.1) is 6.92 Å². The third kappa shape index (κ3) is 2.94. The van der Waals surface area contributed by atoms with Crippen molar-refractivity contribution < 1.29 is 0 Å². The minimum absolute atomic E-state index is 0.442. The highest BCUT2D eigenvalue weighted by atomic mass is 35.5. The number of aryl methyl sites for hydroxylation is 2. The van der Waals surface area contributed by atoms with Crippen LogP contribution in [-0.4, -0.2) is 32.8 Å². The van der Waals surface area contributed by atoms with E-state index in [2.05, 4.69) is 15.0 Å². The normalized spacial score (nSPS) is 19.0. The van der Waals surface area contributed by atoms with Crippen LogP contribution in [-0.2, 0) is 12.8 Å². The first-order chi connectivity index (χ1) is 11.2. The van der Waals surface area contributed by atoms with Gasteiger partial charge in [-0.1, -0.05) is 11.6 Å². The summed E-state index contributed by atoms with van der Waals surface area (Å²) in [6, 6.07) is 0.442. The molecule has 0 unspecified atom stereocenters. The molecule has 0 spiro atoms. The van der Waals surface area contributed by atoms with E-state index in [4.69, 9.17) is 16.6 Å². The van der Waals surface area contributed by atoms with E-state index in [1.54, 1.807) is 6.20 Å². The quantitative estimate of drug-likeness (QED) is 0.846. The van der Waals surface area contributed by atoms with Gasteiger partial charge in [-0.2, -0.15) is 5.10 Å². The minimum Gasteiger partial charge on any atom is -0.356 e. The predicted molar refractivity (Wildman–Crippen MR) is 91.1 cm³/mol. The summed E-state index contributed by atoms with van der Waals surface area (Å²) in [5, 5.41) is 5.08. The molecule has 1 fully saturated rings. The molecule has 6 heteroatoms. The molecule has 0 atom stereocenters. The van der Waals surface area contributed by atoms with Crippen LogP contribution in [0.5, 0.6) is 0 Å². The number of anilines is 1. The van der Waals surface area contributed by atoms with E-state index in [9.17, 15) is 0 Å². The van der Waals surface area contributed by atoms with Crippen molar-refractivity contribution in [3.8, 4) is 0 Å². The number of nitrogens with zero attached hydrogens (tertiary/aromatic N) is 5. The molecule has 2 aromatic heterocycles. The molecule has 2 aliphatic rings. The molecule has 23 heavy (non-hydrogen) atoms. The van der Waals surface area contributed by atoms with Crippen molar-refractivity contribution in [2.24, 2.45) is 0 Å². The molecule has 4 rings (SSSR count). The molecule has 3 heterocycles. The summed E-state index contributed by atoms with van der Waals surface area (Å²) >= 11 is 5.99. The highest BCUT2D eigenvalue weighted by Crippen LogP contribution is 2.32. The van der Waals surface area contributed by atoms with Crippen LogP contribution in [0.1, 0.15) is 48.8 Å². The summed E-state index contributed by atoms with van der Waals surface area (Å²) in [6.07, 6.45) is 10.6. The SMILES string of the molecule is Cc1nc2c(c(N3CCC(n4cc(Cl)cn4)CC3)n1)CCCC2. The summed E-state index contributed by atoms with van der Waals surface area (Å²) in [5.41, 5.74) is 2.67. The van der Waals surface area contributed by atoms with Crippen LogP contribution in [0.25, 0.3) is 0 Å². The van der Waals surface area contributed by atoms with Gasteiger partial charge in [0.1, 0.15) is 11.6 Å². The van der Waals surface area contributed by atoms with Crippen molar-refractivity contribution in [1.82, 2.24) is 19.7 Å². The third-order valence-electron chi connectivity index (χ3n) is 4.98. The molecule has 1 aliphatic heterocycles. The van der Waals surface area contributed by atoms with E-state index in [0.717, 1.165) is 44.6 Å². The van der Waals surface area contributed by atoms with E-state index in [1.807, 2.05) is 17.8 Å². The second-order valence-electron chi connectivity index (χ2n) is 6.58. The molecule has 0 N–H and O–H groups in total. The molecule has 1 saturated heterocycles. The maximum atomic E-state index is 5.99. The monoisotopic (exact) mass is 331 g/mol. The molecule has 0 saturated carbocycles. The van der Waals surface area contributed by atoms with Crippen molar-refractivity contribution in [2.75, 3.05) is 18.0 Å². The van der Waals surface area contributed by atoms with Crippen LogP contribution in [0.3, 0.4) is 0 Å². The fourth-order valence-corrected chi connectivity index (χ4v) is 3.96. The first-order valence-corrected chi connectivity index (χ1v) is 8.89. The Balaban J connectivity index is 1.53. The van der Waals surface area contributed by atoms with Gasteiger partial charge in [0.2, 0.25) is 0 Å². The number of aromatic nitrogens is 4. The fraction of sp³-hybridized carbons (Fsp3) is 0.588. The van der Waals surface area contributed by atoms with E-state index in [0.29, 0.717) is 11.1 Å². The van der Waals surface area contributed by atoms with Gasteiger partial charge in [0.15, 0.2) is 0 Å². The van der Waals surface area contributed by atoms with Gasteiger partial charge < -0.3 is 4.90 Å². The second-order valence-corrected chi connectivity index (χ2v) is 7.02. The maximum absolute atomic E-state index is 5.99. The number of hydrogen-bond donors (Lipinski definition) is 0. The Kier molecular flexibility index (Phi) is 3.97. The van der Waals surface area contributed by atoms with E-state index in [1.165, 1.54) is 29.9 Å². The summed E-state index contributed by atoms with van der Waals surface area (Å²) in [7, 11) is 0. The average molecular weight is 332 g/mol. The molecule has 0 aromatic carbocycles. The van der Waals surface area contributed by atoms with E-state index >= 15 is 0 Å². The fourth-order valence-electron chi connectivity index (χ4n) is 3.81. The Labute approximate surface area is 141 Å². The van der Waals surface area contributed by atoms with Crippen molar-refractivity contribution >= 4 is 17.4 Å². The van der Waals surface area contributed by atoms with Gasteiger partial charge in [-0.3, -0.25) is 4.68 Å². The van der Waals surface area contributed by atoms with E-state index in [-0.39, 0.29) is 0 Å². The van der Waals surface area contributed by atoms with Crippen LogP contribution in [0.15, 0.2) is 12.4 Å². The van der Waals surface area contributed by atoms with Gasteiger partial charge in [-0.25, -0.2) is 9.97 Å². The molecule has 5 nitrogen and oxygen atoms in total. The molecular formula is C17H22ClN5. The highest BCUT2D eigenvalue weighted by Gasteiger charge is 2.26. The summed E-state index contributed by atoms with van der Waals surface area (Å²) < 4.78 is 2.01. The standard InChI is InChI=1S/C17H22ClN5/c1-12-20-16-5-3-2-4-15(16)17(21-12)22-8-6-14(7-9-22)23-11-13(18)10-19-23/h10-11,14H,2-9H2,1H3. The Bertz CT molecular complexity index is 703. The topological polar surface area (TPSA) is 46.8 Å². The molecule has 1 aliphatic carbocycles. The summed E-state index contributed by atoms with van der Waals surface area (Å²) in [6.45, 7) is 4.05. The number of rotatable bonds is 2. The zero-order valence-electron chi connectivity index (χ0n) is 13.5. The van der Waals surface area contributed by atoms with Crippen LogP contribution in [0.2, 0.25) is 5.02 Å². The first kappa shape index (κ1) is 14.9. The summed E-state index contributed by atoms with van der Waals surface area (Å²) in [5.74, 6) is 2.09. The Morgan fingerprint density at radius 3 is 2.65 bits per heavy atom. The lowest BCUT2D eigenvalue weighted by molar-refractivity contribution is 0.365. The molecule has 122 valence electrons. The highest BCUT2D eigenvalue weighted by molar-refractivity contribution is 6.30. The zero-order valence-corrected chi connectivity index (χ0v) is 14.3. The van der Waals surface area contributed by atoms with Gasteiger partial charge >= 0.3 is 0 Å². The van der Waals surface area contributed by atoms with Gasteiger partial charge in [0, 0.05) is 30.5 Å². The number of fused-ring (bicyclic) bond motifs is 1. The molecule has 0 amide bonds. The lowest BCUT2D eigenvalue weighted by Gasteiger charge is -2.35. The Morgan fingerprint density at radius 2 is 1.91 bits per heavy atom. The van der Waals surface area contributed by atoms with E-state index < -0.39 is 0 Å². The predicted octanol–water partition coefficient (Wildman–Crippen LogP) is 3.36. The maximum Gasteiger partial charge on any atom is 0.135 e. The molecular weight excluding hydrogens is 310 g/mol. The average Bonchev–Trinajstić information content (AvgIpc) is 3.01. The Hall–Kier alpha value is -1.62. The number of hydrogen-bond acceptors (Lipinski definition) is 4. The molecule has 2 aromatic rings. The van der Waals surface area contributed by atoms with Gasteiger partial charge in [-0.15, -0.1) is 0 Å². The largest absolute Gasteiger partial charge is 0.356 e.